The SMILES string of the molecule is c1ccc(C(=C(c2ccc3ccccc3c2)c2ccc3ccccc3c2)c2ccccc2)cc1. The Hall–Kier alpha value is -4.42. The number of fused-ring (bicyclic) bond motifs is 2. The summed E-state index contributed by atoms with van der Waals surface area (Å²) in [5, 5.41) is 5.01. The number of benzene rings is 6. The number of hydrogen-bond donors (Lipinski definition) is 0. The largest absolute Gasteiger partial charge is 0.0622 e. The van der Waals surface area contributed by atoms with Crippen LogP contribution in [0.3, 0.4) is 0 Å². The Bertz CT molecular complexity index is 1500. The molecule has 6 aromatic rings. The molecule has 0 N–H and O–H groups in total. The Balaban J connectivity index is 1.72. The second kappa shape index (κ2) is 8.84. The van der Waals surface area contributed by atoms with E-state index >= 15 is 0 Å². The first-order valence-electron chi connectivity index (χ1n) is 11.7. The highest BCUT2D eigenvalue weighted by molar-refractivity contribution is 6.07. The molecule has 160 valence electrons. The van der Waals surface area contributed by atoms with Gasteiger partial charge in [0.15, 0.2) is 0 Å². The molecule has 0 aliphatic heterocycles. The Morgan fingerprint density at radius 2 is 0.618 bits per heavy atom. The fourth-order valence-electron chi connectivity index (χ4n) is 4.81. The van der Waals surface area contributed by atoms with E-state index in [1.807, 2.05) is 0 Å². The van der Waals surface area contributed by atoms with Crippen molar-refractivity contribution in [2.75, 3.05) is 0 Å². The topological polar surface area (TPSA) is 0 Å². The Kier molecular flexibility index (Phi) is 5.26. The summed E-state index contributed by atoms with van der Waals surface area (Å²) in [7, 11) is 0. The number of hydrogen-bond acceptors (Lipinski definition) is 0. The van der Waals surface area contributed by atoms with Crippen molar-refractivity contribution in [1.29, 1.82) is 0 Å². The van der Waals surface area contributed by atoms with Crippen LogP contribution in [-0.4, -0.2) is 0 Å². The van der Waals surface area contributed by atoms with Crippen molar-refractivity contribution >= 4 is 32.7 Å². The minimum Gasteiger partial charge on any atom is -0.0622 e. The van der Waals surface area contributed by atoms with E-state index in [2.05, 4.69) is 146 Å². The van der Waals surface area contributed by atoms with Crippen LogP contribution in [-0.2, 0) is 0 Å². The molecule has 0 aliphatic rings. The fourth-order valence-corrected chi connectivity index (χ4v) is 4.81. The molecular weight excluding hydrogens is 408 g/mol. The third-order valence-corrected chi connectivity index (χ3v) is 6.45. The Morgan fingerprint density at radius 3 is 1.06 bits per heavy atom. The van der Waals surface area contributed by atoms with Gasteiger partial charge in [0, 0.05) is 0 Å². The van der Waals surface area contributed by atoms with E-state index in [1.54, 1.807) is 0 Å². The highest BCUT2D eigenvalue weighted by atomic mass is 14.2. The van der Waals surface area contributed by atoms with E-state index in [0.717, 1.165) is 0 Å². The van der Waals surface area contributed by atoms with Gasteiger partial charge in [0.1, 0.15) is 0 Å². The normalized spacial score (nSPS) is 10.9. The molecule has 0 unspecified atom stereocenters. The van der Waals surface area contributed by atoms with Gasteiger partial charge >= 0.3 is 0 Å². The molecule has 0 spiro atoms. The zero-order valence-corrected chi connectivity index (χ0v) is 18.9. The van der Waals surface area contributed by atoms with Crippen LogP contribution in [0.15, 0.2) is 146 Å². The average molecular weight is 433 g/mol. The van der Waals surface area contributed by atoms with Gasteiger partial charge in [-0.05, 0) is 67.1 Å². The standard InChI is InChI=1S/C34H24/c1-3-13-27(14-4-1)33(28-15-5-2-6-16-28)34(31-21-19-25-11-7-9-17-29(25)23-31)32-22-20-26-12-8-10-18-30(26)24-32/h1-24H. The summed E-state index contributed by atoms with van der Waals surface area (Å²) in [5.41, 5.74) is 7.35. The van der Waals surface area contributed by atoms with Crippen LogP contribution in [0, 0.1) is 0 Å². The molecule has 0 aromatic heterocycles. The first-order valence-corrected chi connectivity index (χ1v) is 11.7. The maximum atomic E-state index is 2.33. The monoisotopic (exact) mass is 432 g/mol. The van der Waals surface area contributed by atoms with E-state index in [1.165, 1.54) is 54.9 Å². The van der Waals surface area contributed by atoms with Crippen molar-refractivity contribution in [1.82, 2.24) is 0 Å². The summed E-state index contributed by atoms with van der Waals surface area (Å²) in [6.45, 7) is 0. The first kappa shape index (κ1) is 20.2. The second-order valence-corrected chi connectivity index (χ2v) is 8.61. The lowest BCUT2D eigenvalue weighted by Crippen LogP contribution is -1.98. The lowest BCUT2D eigenvalue weighted by molar-refractivity contribution is 1.52. The zero-order valence-electron chi connectivity index (χ0n) is 18.9. The molecule has 0 atom stereocenters. The van der Waals surface area contributed by atoms with Crippen LogP contribution in [0.4, 0.5) is 0 Å². The fraction of sp³-hybridized carbons (Fsp3) is 0. The molecular formula is C34H24. The molecule has 0 amide bonds. The first-order chi connectivity index (χ1) is 16.9. The predicted molar refractivity (Wildman–Crippen MR) is 146 cm³/mol. The highest BCUT2D eigenvalue weighted by Crippen LogP contribution is 2.38. The zero-order chi connectivity index (χ0) is 22.7. The van der Waals surface area contributed by atoms with Gasteiger partial charge in [0.05, 0.1) is 0 Å². The van der Waals surface area contributed by atoms with Gasteiger partial charge in [-0.1, -0.05) is 133 Å². The van der Waals surface area contributed by atoms with Crippen LogP contribution in [0.2, 0.25) is 0 Å². The summed E-state index contributed by atoms with van der Waals surface area (Å²) in [5.74, 6) is 0. The van der Waals surface area contributed by atoms with E-state index < -0.39 is 0 Å². The number of rotatable bonds is 4. The molecule has 6 aromatic carbocycles. The summed E-state index contributed by atoms with van der Waals surface area (Å²) < 4.78 is 0. The lowest BCUT2D eigenvalue weighted by atomic mass is 9.84. The second-order valence-electron chi connectivity index (χ2n) is 8.61. The minimum absolute atomic E-state index is 1.21. The average Bonchev–Trinajstić information content (AvgIpc) is 2.92. The predicted octanol–water partition coefficient (Wildman–Crippen LogP) is 9.00. The molecule has 0 radical (unpaired) electrons. The molecule has 0 saturated carbocycles. The van der Waals surface area contributed by atoms with Gasteiger partial charge in [-0.15, -0.1) is 0 Å². The van der Waals surface area contributed by atoms with E-state index in [9.17, 15) is 0 Å². The Morgan fingerprint density at radius 1 is 0.265 bits per heavy atom. The van der Waals surface area contributed by atoms with Gasteiger partial charge in [-0.25, -0.2) is 0 Å². The molecule has 0 fully saturated rings. The summed E-state index contributed by atoms with van der Waals surface area (Å²) in [6.07, 6.45) is 0. The van der Waals surface area contributed by atoms with E-state index in [4.69, 9.17) is 0 Å². The minimum atomic E-state index is 1.21. The van der Waals surface area contributed by atoms with Crippen LogP contribution in [0.25, 0.3) is 32.7 Å². The highest BCUT2D eigenvalue weighted by Gasteiger charge is 2.17. The maximum absolute atomic E-state index is 2.33. The van der Waals surface area contributed by atoms with Gasteiger partial charge in [0.2, 0.25) is 0 Å². The summed E-state index contributed by atoms with van der Waals surface area (Å²) in [4.78, 5) is 0. The maximum Gasteiger partial charge on any atom is -0.00264 e. The smallest absolute Gasteiger partial charge is 0.00264 e. The molecule has 0 heteroatoms. The van der Waals surface area contributed by atoms with Gasteiger partial charge in [0.25, 0.3) is 0 Å². The molecule has 6 rings (SSSR count). The van der Waals surface area contributed by atoms with E-state index in [-0.39, 0.29) is 0 Å². The molecule has 34 heavy (non-hydrogen) atoms. The van der Waals surface area contributed by atoms with Crippen molar-refractivity contribution in [2.45, 2.75) is 0 Å². The van der Waals surface area contributed by atoms with Crippen molar-refractivity contribution in [3.8, 4) is 0 Å². The van der Waals surface area contributed by atoms with E-state index in [0.29, 0.717) is 0 Å². The lowest BCUT2D eigenvalue weighted by Gasteiger charge is -2.19. The van der Waals surface area contributed by atoms with Gasteiger partial charge in [-0.2, -0.15) is 0 Å². The third-order valence-electron chi connectivity index (χ3n) is 6.45. The van der Waals surface area contributed by atoms with Crippen molar-refractivity contribution in [3.05, 3.63) is 168 Å². The van der Waals surface area contributed by atoms with Crippen molar-refractivity contribution in [3.63, 3.8) is 0 Å². The third kappa shape index (κ3) is 3.80. The van der Waals surface area contributed by atoms with Crippen LogP contribution in [0.5, 0.6) is 0 Å². The van der Waals surface area contributed by atoms with Gasteiger partial charge in [-0.3, -0.25) is 0 Å². The van der Waals surface area contributed by atoms with Crippen molar-refractivity contribution < 1.29 is 0 Å². The molecule has 0 saturated heterocycles. The van der Waals surface area contributed by atoms with Crippen LogP contribution in [0.1, 0.15) is 22.3 Å². The van der Waals surface area contributed by atoms with Crippen LogP contribution >= 0.6 is 0 Å². The molecule has 0 aliphatic carbocycles. The quantitative estimate of drug-likeness (QED) is 0.244. The molecule has 0 nitrogen and oxygen atoms in total. The molecule has 0 bridgehead atoms. The Labute approximate surface area is 200 Å². The molecule has 0 heterocycles. The van der Waals surface area contributed by atoms with Crippen molar-refractivity contribution in [2.24, 2.45) is 0 Å². The van der Waals surface area contributed by atoms with Gasteiger partial charge < -0.3 is 0 Å². The summed E-state index contributed by atoms with van der Waals surface area (Å²) in [6, 6.07) is 52.3. The summed E-state index contributed by atoms with van der Waals surface area (Å²) >= 11 is 0. The van der Waals surface area contributed by atoms with Crippen LogP contribution < -0.4 is 0 Å².